The van der Waals surface area contributed by atoms with Crippen molar-refractivity contribution in [1.29, 1.82) is 0 Å². The zero-order valence-electron chi connectivity index (χ0n) is 16.8. The Labute approximate surface area is 172 Å². The number of carbonyl (C=O) groups excluding carboxylic acids is 2. The minimum Gasteiger partial charge on any atom is -0.354 e. The van der Waals surface area contributed by atoms with E-state index < -0.39 is 6.04 Å². The van der Waals surface area contributed by atoms with Crippen LogP contribution in [0.4, 0.5) is 0 Å². The first-order valence-electron chi connectivity index (χ1n) is 9.76. The fourth-order valence-electron chi connectivity index (χ4n) is 3.03. The lowest BCUT2D eigenvalue weighted by molar-refractivity contribution is -0.141. The molecule has 2 aromatic carbocycles. The van der Waals surface area contributed by atoms with Crippen LogP contribution < -0.4 is 5.32 Å². The quantitative estimate of drug-likeness (QED) is 0.675. The van der Waals surface area contributed by atoms with Gasteiger partial charge in [-0.25, -0.2) is 0 Å². The van der Waals surface area contributed by atoms with Crippen LogP contribution in [0.15, 0.2) is 54.6 Å². The number of rotatable bonds is 9. The van der Waals surface area contributed by atoms with Crippen LogP contribution in [0.3, 0.4) is 0 Å². The summed E-state index contributed by atoms with van der Waals surface area (Å²) in [5.41, 5.74) is 1.76. The molecule has 0 radical (unpaired) electrons. The van der Waals surface area contributed by atoms with Crippen molar-refractivity contribution in [3.05, 3.63) is 70.7 Å². The summed E-state index contributed by atoms with van der Waals surface area (Å²) in [6, 6.07) is 16.6. The molecule has 2 aromatic rings. The smallest absolute Gasteiger partial charge is 0.242 e. The maximum absolute atomic E-state index is 13.2. The summed E-state index contributed by atoms with van der Waals surface area (Å²) in [6.07, 6.45) is 0.714. The Morgan fingerprint density at radius 2 is 1.68 bits per heavy atom. The van der Waals surface area contributed by atoms with Gasteiger partial charge in [-0.3, -0.25) is 9.59 Å². The van der Waals surface area contributed by atoms with Gasteiger partial charge in [-0.1, -0.05) is 80.9 Å². The SMILES string of the molecule is CC[C@H](C(=O)NCC(C)C)N(Cc1ccccc1)C(=O)Cc1ccccc1Cl. The van der Waals surface area contributed by atoms with Crippen LogP contribution in [0, 0.1) is 5.92 Å². The highest BCUT2D eigenvalue weighted by Gasteiger charge is 2.28. The molecule has 0 aliphatic carbocycles. The molecule has 0 aliphatic rings. The molecule has 28 heavy (non-hydrogen) atoms. The summed E-state index contributed by atoms with van der Waals surface area (Å²) < 4.78 is 0. The molecule has 4 nitrogen and oxygen atoms in total. The van der Waals surface area contributed by atoms with E-state index in [1.54, 1.807) is 11.0 Å². The van der Waals surface area contributed by atoms with Gasteiger partial charge in [0, 0.05) is 18.1 Å². The van der Waals surface area contributed by atoms with Crippen molar-refractivity contribution < 1.29 is 9.59 Å². The number of carbonyl (C=O) groups is 2. The van der Waals surface area contributed by atoms with E-state index in [2.05, 4.69) is 5.32 Å². The number of nitrogens with zero attached hydrogens (tertiary/aromatic N) is 1. The number of hydrogen-bond donors (Lipinski definition) is 1. The summed E-state index contributed by atoms with van der Waals surface area (Å²) >= 11 is 6.24. The van der Waals surface area contributed by atoms with Crippen LogP contribution in [-0.4, -0.2) is 29.3 Å². The van der Waals surface area contributed by atoms with Crippen molar-refractivity contribution >= 4 is 23.4 Å². The topological polar surface area (TPSA) is 49.4 Å². The molecule has 2 rings (SSSR count). The highest BCUT2D eigenvalue weighted by molar-refractivity contribution is 6.31. The summed E-state index contributed by atoms with van der Waals surface area (Å²) in [5, 5.41) is 3.53. The normalized spacial score (nSPS) is 11.9. The maximum Gasteiger partial charge on any atom is 0.242 e. The molecule has 2 amide bonds. The average molecular weight is 401 g/mol. The molecule has 0 fully saturated rings. The molecular weight excluding hydrogens is 372 g/mol. The second-order valence-electron chi connectivity index (χ2n) is 7.34. The summed E-state index contributed by atoms with van der Waals surface area (Å²) in [5.74, 6) is 0.131. The maximum atomic E-state index is 13.2. The van der Waals surface area contributed by atoms with Gasteiger partial charge in [0.05, 0.1) is 6.42 Å². The molecule has 0 spiro atoms. The molecule has 5 heteroatoms. The molecule has 0 saturated carbocycles. The average Bonchev–Trinajstić information content (AvgIpc) is 2.68. The summed E-state index contributed by atoms with van der Waals surface area (Å²) in [7, 11) is 0. The lowest BCUT2D eigenvalue weighted by atomic mass is 10.1. The van der Waals surface area contributed by atoms with Crippen LogP contribution in [0.5, 0.6) is 0 Å². The molecule has 0 saturated heterocycles. The van der Waals surface area contributed by atoms with E-state index in [-0.39, 0.29) is 18.2 Å². The van der Waals surface area contributed by atoms with Gasteiger partial charge >= 0.3 is 0 Å². The Balaban J connectivity index is 2.25. The lowest BCUT2D eigenvalue weighted by Gasteiger charge is -2.31. The molecule has 0 aliphatic heterocycles. The van der Waals surface area contributed by atoms with E-state index in [1.165, 1.54) is 0 Å². The minimum absolute atomic E-state index is 0.108. The first-order chi connectivity index (χ1) is 13.4. The third kappa shape index (κ3) is 6.38. The Hall–Kier alpha value is -2.33. The zero-order valence-corrected chi connectivity index (χ0v) is 17.6. The Morgan fingerprint density at radius 1 is 1.04 bits per heavy atom. The van der Waals surface area contributed by atoms with Crippen molar-refractivity contribution in [3.8, 4) is 0 Å². The first kappa shape index (κ1) is 22.0. The Morgan fingerprint density at radius 3 is 2.29 bits per heavy atom. The van der Waals surface area contributed by atoms with Crippen LogP contribution in [-0.2, 0) is 22.6 Å². The molecule has 0 aromatic heterocycles. The van der Waals surface area contributed by atoms with E-state index >= 15 is 0 Å². The Kier molecular flexibility index (Phi) is 8.52. The molecule has 1 atom stereocenters. The van der Waals surface area contributed by atoms with Gasteiger partial charge in [0.25, 0.3) is 0 Å². The number of amides is 2. The van der Waals surface area contributed by atoms with Crippen molar-refractivity contribution in [2.75, 3.05) is 6.54 Å². The second kappa shape index (κ2) is 10.9. The fourth-order valence-corrected chi connectivity index (χ4v) is 3.23. The molecule has 0 bridgehead atoms. The van der Waals surface area contributed by atoms with E-state index in [4.69, 9.17) is 11.6 Å². The Bertz CT molecular complexity index is 777. The van der Waals surface area contributed by atoms with E-state index in [9.17, 15) is 9.59 Å². The van der Waals surface area contributed by atoms with Gasteiger partial charge in [0.2, 0.25) is 11.8 Å². The first-order valence-corrected chi connectivity index (χ1v) is 10.1. The van der Waals surface area contributed by atoms with Crippen LogP contribution in [0.25, 0.3) is 0 Å². The highest BCUT2D eigenvalue weighted by atomic mass is 35.5. The third-order valence-corrected chi connectivity index (χ3v) is 4.93. The standard InChI is InChI=1S/C23H29ClN2O2/c1-4-21(23(28)25-15-17(2)3)26(16-18-10-6-5-7-11-18)22(27)14-19-12-8-9-13-20(19)24/h5-13,17,21H,4,14-16H2,1-3H3,(H,25,28)/t21-/m1/s1. The van der Waals surface area contributed by atoms with Crippen molar-refractivity contribution in [2.24, 2.45) is 5.92 Å². The van der Waals surface area contributed by atoms with Crippen LogP contribution >= 0.6 is 11.6 Å². The predicted molar refractivity (Wildman–Crippen MR) is 114 cm³/mol. The number of benzene rings is 2. The molecule has 0 heterocycles. The van der Waals surface area contributed by atoms with E-state index in [0.717, 1.165) is 11.1 Å². The molecule has 150 valence electrons. The van der Waals surface area contributed by atoms with Gasteiger partial charge in [-0.2, -0.15) is 0 Å². The predicted octanol–water partition coefficient (Wildman–Crippen LogP) is 4.46. The van der Waals surface area contributed by atoms with Gasteiger partial charge in [-0.15, -0.1) is 0 Å². The number of nitrogens with one attached hydrogen (secondary N) is 1. The van der Waals surface area contributed by atoms with Crippen molar-refractivity contribution in [2.45, 2.75) is 46.2 Å². The van der Waals surface area contributed by atoms with Gasteiger partial charge in [0.1, 0.15) is 6.04 Å². The fraction of sp³-hybridized carbons (Fsp3) is 0.391. The number of halogens is 1. The van der Waals surface area contributed by atoms with E-state index in [0.29, 0.717) is 30.5 Å². The second-order valence-corrected chi connectivity index (χ2v) is 7.75. The molecule has 1 N–H and O–H groups in total. The lowest BCUT2D eigenvalue weighted by Crippen LogP contribution is -2.50. The van der Waals surface area contributed by atoms with E-state index in [1.807, 2.05) is 69.3 Å². The third-order valence-electron chi connectivity index (χ3n) is 4.57. The van der Waals surface area contributed by atoms with Gasteiger partial charge in [-0.05, 0) is 29.5 Å². The van der Waals surface area contributed by atoms with Crippen LogP contribution in [0.1, 0.15) is 38.3 Å². The summed E-state index contributed by atoms with van der Waals surface area (Å²) in [6.45, 7) is 7.00. The van der Waals surface area contributed by atoms with Crippen LogP contribution in [0.2, 0.25) is 5.02 Å². The summed E-state index contributed by atoms with van der Waals surface area (Å²) in [4.78, 5) is 27.7. The minimum atomic E-state index is -0.519. The van der Waals surface area contributed by atoms with Gasteiger partial charge < -0.3 is 10.2 Å². The molecule has 0 unspecified atom stereocenters. The largest absolute Gasteiger partial charge is 0.354 e. The monoisotopic (exact) mass is 400 g/mol. The van der Waals surface area contributed by atoms with Gasteiger partial charge in [0.15, 0.2) is 0 Å². The molecular formula is C23H29ClN2O2. The number of hydrogen-bond acceptors (Lipinski definition) is 2. The highest BCUT2D eigenvalue weighted by Crippen LogP contribution is 2.19. The van der Waals surface area contributed by atoms with Crippen molar-refractivity contribution in [3.63, 3.8) is 0 Å². The zero-order chi connectivity index (χ0) is 20.5. The van der Waals surface area contributed by atoms with Crippen molar-refractivity contribution in [1.82, 2.24) is 10.2 Å².